The minimum absolute atomic E-state index is 0.535. The normalized spacial score (nSPS) is 29.0. The van der Waals surface area contributed by atoms with E-state index in [1.807, 2.05) is 0 Å². The summed E-state index contributed by atoms with van der Waals surface area (Å²) in [7, 11) is 2.20. The molecule has 1 fully saturated rings. The van der Waals surface area contributed by atoms with E-state index in [-0.39, 0.29) is 0 Å². The fourth-order valence-corrected chi connectivity index (χ4v) is 2.14. The van der Waals surface area contributed by atoms with Crippen molar-refractivity contribution < 1.29 is 0 Å². The fraction of sp³-hybridized carbons (Fsp3) is 0.500. The minimum atomic E-state index is 0.535. The molecule has 1 aliphatic rings. The third-order valence-corrected chi connectivity index (χ3v) is 2.94. The molecule has 0 saturated carbocycles. The number of rotatable bonds is 1. The van der Waals surface area contributed by atoms with E-state index in [9.17, 15) is 0 Å². The molecule has 2 nitrogen and oxygen atoms in total. The molecule has 76 valence electrons. The van der Waals surface area contributed by atoms with E-state index in [1.165, 1.54) is 5.56 Å². The molecular formula is C12H18N2. The van der Waals surface area contributed by atoms with Crippen LogP contribution in [0, 0.1) is 0 Å². The van der Waals surface area contributed by atoms with Crippen LogP contribution >= 0.6 is 0 Å². The van der Waals surface area contributed by atoms with Gasteiger partial charge in [0.1, 0.15) is 0 Å². The van der Waals surface area contributed by atoms with Crippen LogP contribution in [0.2, 0.25) is 0 Å². The van der Waals surface area contributed by atoms with Crippen LogP contribution in [-0.4, -0.2) is 31.1 Å². The Kier molecular flexibility index (Phi) is 2.85. The second-order valence-corrected chi connectivity index (χ2v) is 4.18. The highest BCUT2D eigenvalue weighted by Gasteiger charge is 2.23. The van der Waals surface area contributed by atoms with Gasteiger partial charge in [0.2, 0.25) is 0 Å². The number of piperazine rings is 1. The van der Waals surface area contributed by atoms with Gasteiger partial charge in [0.25, 0.3) is 0 Å². The predicted molar refractivity (Wildman–Crippen MR) is 59.3 cm³/mol. The van der Waals surface area contributed by atoms with Gasteiger partial charge in [-0.2, -0.15) is 0 Å². The molecule has 0 amide bonds. The molecule has 2 heteroatoms. The first-order valence-electron chi connectivity index (χ1n) is 5.26. The maximum absolute atomic E-state index is 3.52. The van der Waals surface area contributed by atoms with Crippen LogP contribution in [0.5, 0.6) is 0 Å². The standard InChI is InChI=1S/C12H18N2/c1-10-9-14(2)12(8-13-10)11-6-4-3-5-7-11/h3-7,10,12-13H,8-9H2,1-2H3/t10-,12+/m0/s1. The van der Waals surface area contributed by atoms with E-state index >= 15 is 0 Å². The van der Waals surface area contributed by atoms with Crippen molar-refractivity contribution in [2.75, 3.05) is 20.1 Å². The van der Waals surface area contributed by atoms with Crippen LogP contribution in [0.15, 0.2) is 30.3 Å². The summed E-state index contributed by atoms with van der Waals surface area (Å²) in [6, 6.07) is 11.9. The highest BCUT2D eigenvalue weighted by molar-refractivity contribution is 5.20. The third-order valence-electron chi connectivity index (χ3n) is 2.94. The first kappa shape index (κ1) is 9.69. The lowest BCUT2D eigenvalue weighted by atomic mass is 10.0. The maximum Gasteiger partial charge on any atom is 0.0470 e. The fourth-order valence-electron chi connectivity index (χ4n) is 2.14. The molecule has 1 aromatic carbocycles. The average molecular weight is 190 g/mol. The average Bonchev–Trinajstić information content (AvgIpc) is 2.19. The summed E-state index contributed by atoms with van der Waals surface area (Å²) >= 11 is 0. The zero-order chi connectivity index (χ0) is 9.97. The molecule has 0 unspecified atom stereocenters. The van der Waals surface area contributed by atoms with Gasteiger partial charge in [-0.15, -0.1) is 0 Å². The Labute approximate surface area is 85.9 Å². The van der Waals surface area contributed by atoms with E-state index < -0.39 is 0 Å². The topological polar surface area (TPSA) is 15.3 Å². The summed E-state index contributed by atoms with van der Waals surface area (Å²) in [5.74, 6) is 0. The van der Waals surface area contributed by atoms with Crippen LogP contribution < -0.4 is 5.32 Å². The Hall–Kier alpha value is -0.860. The maximum atomic E-state index is 3.52. The van der Waals surface area contributed by atoms with Gasteiger partial charge in [-0.1, -0.05) is 30.3 Å². The van der Waals surface area contributed by atoms with Crippen LogP contribution in [0.3, 0.4) is 0 Å². The number of nitrogens with zero attached hydrogens (tertiary/aromatic N) is 1. The second kappa shape index (κ2) is 4.11. The van der Waals surface area contributed by atoms with Crippen molar-refractivity contribution >= 4 is 0 Å². The quantitative estimate of drug-likeness (QED) is 0.724. The van der Waals surface area contributed by atoms with Crippen molar-refractivity contribution in [2.45, 2.75) is 19.0 Å². The van der Waals surface area contributed by atoms with Gasteiger partial charge in [-0.25, -0.2) is 0 Å². The van der Waals surface area contributed by atoms with Gasteiger partial charge in [0, 0.05) is 25.2 Å². The summed E-state index contributed by atoms with van der Waals surface area (Å²) in [5, 5.41) is 3.52. The van der Waals surface area contributed by atoms with E-state index in [2.05, 4.69) is 54.5 Å². The molecule has 1 saturated heterocycles. The van der Waals surface area contributed by atoms with Gasteiger partial charge < -0.3 is 5.32 Å². The van der Waals surface area contributed by atoms with E-state index in [0.717, 1.165) is 13.1 Å². The van der Waals surface area contributed by atoms with Crippen molar-refractivity contribution in [3.05, 3.63) is 35.9 Å². The monoisotopic (exact) mass is 190 g/mol. The lowest BCUT2D eigenvalue weighted by molar-refractivity contribution is 0.171. The largest absolute Gasteiger partial charge is 0.311 e. The van der Waals surface area contributed by atoms with Crippen molar-refractivity contribution in [1.29, 1.82) is 0 Å². The highest BCUT2D eigenvalue weighted by Crippen LogP contribution is 2.21. The van der Waals surface area contributed by atoms with Gasteiger partial charge >= 0.3 is 0 Å². The molecule has 0 aromatic heterocycles. The number of likely N-dealkylation sites (N-methyl/N-ethyl adjacent to an activating group) is 1. The number of hydrogen-bond acceptors (Lipinski definition) is 2. The predicted octanol–water partition coefficient (Wildman–Crippen LogP) is 1.65. The first-order valence-corrected chi connectivity index (χ1v) is 5.26. The molecular weight excluding hydrogens is 172 g/mol. The Morgan fingerprint density at radius 2 is 2.00 bits per heavy atom. The molecule has 0 bridgehead atoms. The van der Waals surface area contributed by atoms with Crippen molar-refractivity contribution in [3.8, 4) is 0 Å². The summed E-state index contributed by atoms with van der Waals surface area (Å²) in [6.07, 6.45) is 0. The molecule has 1 heterocycles. The second-order valence-electron chi connectivity index (χ2n) is 4.18. The number of benzene rings is 1. The van der Waals surface area contributed by atoms with Gasteiger partial charge in [0.05, 0.1) is 0 Å². The van der Waals surface area contributed by atoms with E-state index in [0.29, 0.717) is 12.1 Å². The smallest absolute Gasteiger partial charge is 0.0470 e. The molecule has 1 N–H and O–H groups in total. The lowest BCUT2D eigenvalue weighted by Crippen LogP contribution is -2.49. The van der Waals surface area contributed by atoms with Crippen LogP contribution in [-0.2, 0) is 0 Å². The number of hydrogen-bond donors (Lipinski definition) is 1. The van der Waals surface area contributed by atoms with Crippen LogP contribution in [0.4, 0.5) is 0 Å². The highest BCUT2D eigenvalue weighted by atomic mass is 15.2. The Morgan fingerprint density at radius 1 is 1.29 bits per heavy atom. The molecule has 2 rings (SSSR count). The lowest BCUT2D eigenvalue weighted by Gasteiger charge is -2.37. The minimum Gasteiger partial charge on any atom is -0.311 e. The summed E-state index contributed by atoms with van der Waals surface area (Å²) in [5.41, 5.74) is 1.41. The molecule has 0 radical (unpaired) electrons. The van der Waals surface area contributed by atoms with E-state index in [1.54, 1.807) is 0 Å². The van der Waals surface area contributed by atoms with Crippen molar-refractivity contribution in [1.82, 2.24) is 10.2 Å². The molecule has 0 spiro atoms. The van der Waals surface area contributed by atoms with Crippen molar-refractivity contribution in [2.24, 2.45) is 0 Å². The molecule has 0 aliphatic carbocycles. The van der Waals surface area contributed by atoms with Gasteiger partial charge in [0.15, 0.2) is 0 Å². The summed E-state index contributed by atoms with van der Waals surface area (Å²) < 4.78 is 0. The van der Waals surface area contributed by atoms with E-state index in [4.69, 9.17) is 0 Å². The first-order chi connectivity index (χ1) is 6.77. The zero-order valence-electron chi connectivity index (χ0n) is 8.90. The Bertz CT molecular complexity index is 284. The molecule has 1 aliphatic heterocycles. The van der Waals surface area contributed by atoms with Crippen LogP contribution in [0.25, 0.3) is 0 Å². The molecule has 2 atom stereocenters. The number of nitrogens with one attached hydrogen (secondary N) is 1. The Morgan fingerprint density at radius 3 is 2.64 bits per heavy atom. The molecule has 14 heavy (non-hydrogen) atoms. The van der Waals surface area contributed by atoms with Crippen molar-refractivity contribution in [3.63, 3.8) is 0 Å². The SMILES string of the molecule is C[C@H]1CN(C)[C@@H](c2ccccc2)CN1. The van der Waals surface area contributed by atoms with Gasteiger partial charge in [-0.3, -0.25) is 4.90 Å². The van der Waals surface area contributed by atoms with Crippen LogP contribution in [0.1, 0.15) is 18.5 Å². The Balaban J connectivity index is 2.12. The van der Waals surface area contributed by atoms with Gasteiger partial charge in [-0.05, 0) is 19.5 Å². The summed E-state index contributed by atoms with van der Waals surface area (Å²) in [4.78, 5) is 2.43. The third kappa shape index (κ3) is 1.97. The summed E-state index contributed by atoms with van der Waals surface area (Å²) in [6.45, 7) is 4.42. The molecule has 1 aromatic rings. The zero-order valence-corrected chi connectivity index (χ0v) is 8.90.